The Hall–Kier alpha value is -4.12. The third-order valence-corrected chi connectivity index (χ3v) is 6.07. The zero-order valence-electron chi connectivity index (χ0n) is 19.2. The van der Waals surface area contributed by atoms with Crippen LogP contribution in [0.3, 0.4) is 0 Å². The Morgan fingerprint density at radius 2 is 1.89 bits per heavy atom. The van der Waals surface area contributed by atoms with Crippen LogP contribution in [-0.2, 0) is 4.74 Å². The summed E-state index contributed by atoms with van der Waals surface area (Å²) >= 11 is 0. The lowest BCUT2D eigenvalue weighted by Crippen LogP contribution is -2.50. The van der Waals surface area contributed by atoms with Crippen LogP contribution in [0.5, 0.6) is 11.5 Å². The topological polar surface area (TPSA) is 132 Å². The van der Waals surface area contributed by atoms with E-state index in [0.29, 0.717) is 36.4 Å². The molecule has 2 heterocycles. The van der Waals surface area contributed by atoms with Crippen molar-refractivity contribution in [2.75, 3.05) is 32.3 Å². The van der Waals surface area contributed by atoms with Gasteiger partial charge in [0.1, 0.15) is 6.61 Å². The molecule has 0 spiro atoms. The summed E-state index contributed by atoms with van der Waals surface area (Å²) in [6.45, 7) is 0.346. The highest BCUT2D eigenvalue weighted by Crippen LogP contribution is 2.41. The summed E-state index contributed by atoms with van der Waals surface area (Å²) in [5, 5.41) is 21.9. The van der Waals surface area contributed by atoms with Crippen molar-refractivity contribution in [3.05, 3.63) is 63.7 Å². The molecule has 184 valence electrons. The normalized spacial score (nSPS) is 19.2. The standard InChI is InChI=1S/C24H25N3O8/c1-33-20-13-17-19(14-21(20)34-2)26(23(29)18-6-3-11-25(18)22(17)28)24(30)35-12-4-5-15-7-9-16(10-8-15)27(31)32/h4-5,7-10,13-14,18,23,29H,3,6,11-12H2,1-2H3/t18-,23-/m0/s1. The fraction of sp³-hybridized carbons (Fsp3) is 0.333. The number of ether oxygens (including phenoxy) is 3. The number of nitro benzene ring substituents is 1. The summed E-state index contributed by atoms with van der Waals surface area (Å²) in [4.78, 5) is 39.3. The van der Waals surface area contributed by atoms with Crippen LogP contribution in [0.1, 0.15) is 28.8 Å². The van der Waals surface area contributed by atoms with Crippen LogP contribution in [0.25, 0.3) is 6.08 Å². The van der Waals surface area contributed by atoms with Crippen molar-refractivity contribution in [1.29, 1.82) is 0 Å². The summed E-state index contributed by atoms with van der Waals surface area (Å²) in [5.74, 6) is 0.311. The number of rotatable bonds is 6. The molecule has 2 amide bonds. The number of hydrogen-bond acceptors (Lipinski definition) is 8. The van der Waals surface area contributed by atoms with Gasteiger partial charge in [0.2, 0.25) is 0 Å². The Kier molecular flexibility index (Phi) is 6.87. The first-order chi connectivity index (χ1) is 16.8. The largest absolute Gasteiger partial charge is 0.493 e. The highest BCUT2D eigenvalue weighted by Gasteiger charge is 2.45. The van der Waals surface area contributed by atoms with Crippen molar-refractivity contribution in [2.45, 2.75) is 25.1 Å². The molecule has 0 bridgehead atoms. The van der Waals surface area contributed by atoms with E-state index in [1.54, 1.807) is 29.2 Å². The molecule has 1 saturated heterocycles. The molecule has 0 aliphatic carbocycles. The average Bonchev–Trinajstić information content (AvgIpc) is 3.33. The molecule has 0 aromatic heterocycles. The van der Waals surface area contributed by atoms with E-state index in [0.717, 1.165) is 4.90 Å². The van der Waals surface area contributed by atoms with Gasteiger partial charge < -0.3 is 24.2 Å². The summed E-state index contributed by atoms with van der Waals surface area (Å²) < 4.78 is 16.1. The van der Waals surface area contributed by atoms with Gasteiger partial charge in [0, 0.05) is 24.7 Å². The van der Waals surface area contributed by atoms with E-state index < -0.39 is 23.3 Å². The fourth-order valence-corrected chi connectivity index (χ4v) is 4.35. The van der Waals surface area contributed by atoms with Gasteiger partial charge in [-0.1, -0.05) is 6.08 Å². The molecule has 2 aromatic carbocycles. The van der Waals surface area contributed by atoms with E-state index in [2.05, 4.69) is 0 Å². The lowest BCUT2D eigenvalue weighted by molar-refractivity contribution is -0.384. The lowest BCUT2D eigenvalue weighted by atomic mass is 10.1. The monoisotopic (exact) mass is 483 g/mol. The van der Waals surface area contributed by atoms with E-state index in [-0.39, 0.29) is 29.5 Å². The van der Waals surface area contributed by atoms with Crippen LogP contribution < -0.4 is 14.4 Å². The maximum atomic E-state index is 13.3. The molecular weight excluding hydrogens is 458 g/mol. The minimum Gasteiger partial charge on any atom is -0.493 e. The maximum Gasteiger partial charge on any atom is 0.416 e. The number of nitrogens with zero attached hydrogens (tertiary/aromatic N) is 3. The van der Waals surface area contributed by atoms with E-state index >= 15 is 0 Å². The molecule has 11 heteroatoms. The Labute approximate surface area is 201 Å². The molecule has 2 aliphatic rings. The number of fused-ring (bicyclic) bond motifs is 2. The Morgan fingerprint density at radius 1 is 1.20 bits per heavy atom. The zero-order valence-corrected chi connectivity index (χ0v) is 19.2. The SMILES string of the molecule is COc1cc2c(cc1OC)N(C(=O)OCC=Cc1ccc([N+](=O)[O-])cc1)[C@@H](O)[C@@H]1CCCN1C2=O. The number of aliphatic hydroxyl groups excluding tert-OH is 1. The number of carbonyl (C=O) groups excluding carboxylic acids is 2. The molecule has 4 rings (SSSR count). The third kappa shape index (κ3) is 4.62. The molecule has 2 aliphatic heterocycles. The molecule has 35 heavy (non-hydrogen) atoms. The molecule has 2 aromatic rings. The Bertz CT molecular complexity index is 1160. The van der Waals surface area contributed by atoms with Crippen molar-refractivity contribution in [3.63, 3.8) is 0 Å². The number of hydrogen-bond donors (Lipinski definition) is 1. The number of nitro groups is 1. The Morgan fingerprint density at radius 3 is 2.54 bits per heavy atom. The summed E-state index contributed by atoms with van der Waals surface area (Å²) in [6, 6.07) is 8.31. The van der Waals surface area contributed by atoms with Crippen LogP contribution in [0.2, 0.25) is 0 Å². The molecular formula is C24H25N3O8. The molecule has 0 radical (unpaired) electrons. The van der Waals surface area contributed by atoms with E-state index in [1.807, 2.05) is 0 Å². The summed E-state index contributed by atoms with van der Waals surface area (Å²) in [7, 11) is 2.88. The highest BCUT2D eigenvalue weighted by atomic mass is 16.6. The van der Waals surface area contributed by atoms with E-state index in [4.69, 9.17) is 14.2 Å². The molecule has 1 N–H and O–H groups in total. The molecule has 1 fully saturated rings. The predicted molar refractivity (Wildman–Crippen MR) is 126 cm³/mol. The van der Waals surface area contributed by atoms with Crippen molar-refractivity contribution < 1.29 is 33.8 Å². The van der Waals surface area contributed by atoms with Crippen molar-refractivity contribution in [2.24, 2.45) is 0 Å². The highest BCUT2D eigenvalue weighted by molar-refractivity contribution is 6.06. The maximum absolute atomic E-state index is 13.3. The number of non-ortho nitro benzene ring substituents is 1. The number of aliphatic hydroxyl groups is 1. The Balaban J connectivity index is 1.58. The number of methoxy groups -OCH3 is 2. The van der Waals surface area contributed by atoms with Gasteiger partial charge in [-0.15, -0.1) is 0 Å². The number of amides is 2. The van der Waals surface area contributed by atoms with E-state index in [1.165, 1.54) is 38.5 Å². The van der Waals surface area contributed by atoms with Crippen molar-refractivity contribution in [3.8, 4) is 11.5 Å². The fourth-order valence-electron chi connectivity index (χ4n) is 4.35. The van der Waals surface area contributed by atoms with Gasteiger partial charge in [0.15, 0.2) is 17.7 Å². The smallest absolute Gasteiger partial charge is 0.416 e. The minimum atomic E-state index is -1.31. The van der Waals surface area contributed by atoms with Gasteiger partial charge in [-0.25, -0.2) is 9.69 Å². The first-order valence-corrected chi connectivity index (χ1v) is 11.0. The quantitative estimate of drug-likeness (QED) is 0.489. The second-order valence-corrected chi connectivity index (χ2v) is 8.04. The van der Waals surface area contributed by atoms with Gasteiger partial charge >= 0.3 is 6.09 Å². The van der Waals surface area contributed by atoms with E-state index in [9.17, 15) is 24.8 Å². The van der Waals surface area contributed by atoms with Gasteiger partial charge in [-0.3, -0.25) is 14.9 Å². The second-order valence-electron chi connectivity index (χ2n) is 8.04. The first kappa shape index (κ1) is 24.0. The first-order valence-electron chi connectivity index (χ1n) is 11.0. The third-order valence-electron chi connectivity index (χ3n) is 6.07. The molecule has 0 saturated carbocycles. The van der Waals surface area contributed by atoms with Gasteiger partial charge in [0.25, 0.3) is 11.6 Å². The predicted octanol–water partition coefficient (Wildman–Crippen LogP) is 3.21. The summed E-state index contributed by atoms with van der Waals surface area (Å²) in [6.07, 6.45) is 2.33. The molecule has 2 atom stereocenters. The van der Waals surface area contributed by atoms with Crippen molar-refractivity contribution >= 4 is 29.5 Å². The average molecular weight is 483 g/mol. The number of benzene rings is 2. The molecule has 11 nitrogen and oxygen atoms in total. The lowest BCUT2D eigenvalue weighted by Gasteiger charge is -2.31. The van der Waals surface area contributed by atoms with Gasteiger partial charge in [-0.2, -0.15) is 0 Å². The van der Waals surface area contributed by atoms with Gasteiger partial charge in [0.05, 0.1) is 36.4 Å². The van der Waals surface area contributed by atoms with Crippen LogP contribution in [-0.4, -0.2) is 66.6 Å². The van der Waals surface area contributed by atoms with Gasteiger partial charge in [-0.05, 0) is 42.7 Å². The number of anilines is 1. The van der Waals surface area contributed by atoms with Crippen LogP contribution in [0.15, 0.2) is 42.5 Å². The van der Waals surface area contributed by atoms with Crippen LogP contribution >= 0.6 is 0 Å². The zero-order chi connectivity index (χ0) is 25.1. The van der Waals surface area contributed by atoms with Crippen LogP contribution in [0.4, 0.5) is 16.2 Å². The summed E-state index contributed by atoms with van der Waals surface area (Å²) in [5.41, 5.74) is 1.03. The number of carbonyl (C=O) groups is 2. The molecule has 0 unspecified atom stereocenters. The van der Waals surface area contributed by atoms with Crippen molar-refractivity contribution in [1.82, 2.24) is 4.90 Å². The second kappa shape index (κ2) is 10.0. The minimum absolute atomic E-state index is 0.0232. The van der Waals surface area contributed by atoms with Crippen LogP contribution in [0, 0.1) is 10.1 Å².